The number of hydrogen-bond donors (Lipinski definition) is 1. The maximum Gasteiger partial charge on any atom is 0.161 e. The fraction of sp³-hybridized carbons (Fsp3) is 0.250. The van der Waals surface area contributed by atoms with Gasteiger partial charge in [-0.2, -0.15) is 5.10 Å². The van der Waals surface area contributed by atoms with Crippen LogP contribution in [-0.2, 0) is 6.54 Å². The Morgan fingerprint density at radius 1 is 1.58 bits per heavy atom. The average molecular weight is 163 g/mol. The first-order chi connectivity index (χ1) is 5.83. The van der Waals surface area contributed by atoms with E-state index in [0.717, 1.165) is 12.2 Å². The molecule has 0 aliphatic carbocycles. The normalized spacial score (nSPS) is 10.8. The van der Waals surface area contributed by atoms with Gasteiger partial charge in [0.2, 0.25) is 0 Å². The molecule has 1 N–H and O–H groups in total. The molecule has 0 bridgehead atoms. The number of hydrogen-bond acceptors (Lipinski definition) is 3. The lowest BCUT2D eigenvalue weighted by atomic mass is 10.3. The van der Waals surface area contributed by atoms with Crippen molar-refractivity contribution in [1.82, 2.24) is 14.8 Å². The third-order valence-electron chi connectivity index (χ3n) is 1.82. The van der Waals surface area contributed by atoms with Gasteiger partial charge in [0, 0.05) is 12.7 Å². The van der Waals surface area contributed by atoms with Crippen molar-refractivity contribution in [2.45, 2.75) is 13.5 Å². The molecule has 2 aromatic rings. The van der Waals surface area contributed by atoms with Crippen LogP contribution in [0.1, 0.15) is 6.92 Å². The van der Waals surface area contributed by atoms with Crippen LogP contribution in [0.5, 0.6) is 5.75 Å². The Morgan fingerprint density at radius 2 is 2.42 bits per heavy atom. The SMILES string of the molecule is CCn1ncc2c(O)ccnc21. The van der Waals surface area contributed by atoms with Gasteiger partial charge in [0.05, 0.1) is 11.6 Å². The van der Waals surface area contributed by atoms with Gasteiger partial charge in [-0.1, -0.05) is 0 Å². The molecule has 0 saturated heterocycles. The summed E-state index contributed by atoms with van der Waals surface area (Å²) >= 11 is 0. The fourth-order valence-corrected chi connectivity index (χ4v) is 1.20. The third-order valence-corrected chi connectivity index (χ3v) is 1.82. The first-order valence-electron chi connectivity index (χ1n) is 3.82. The van der Waals surface area contributed by atoms with E-state index in [9.17, 15) is 5.11 Å². The van der Waals surface area contributed by atoms with Gasteiger partial charge < -0.3 is 5.11 Å². The van der Waals surface area contributed by atoms with Crippen molar-refractivity contribution < 1.29 is 5.11 Å². The summed E-state index contributed by atoms with van der Waals surface area (Å²) in [5.41, 5.74) is 0.734. The largest absolute Gasteiger partial charge is 0.507 e. The second kappa shape index (κ2) is 2.48. The first-order valence-corrected chi connectivity index (χ1v) is 3.82. The minimum Gasteiger partial charge on any atom is -0.507 e. The van der Waals surface area contributed by atoms with Crippen LogP contribution < -0.4 is 0 Å². The molecule has 0 spiro atoms. The van der Waals surface area contributed by atoms with Crippen LogP contribution in [-0.4, -0.2) is 19.9 Å². The summed E-state index contributed by atoms with van der Waals surface area (Å²) in [6.07, 6.45) is 3.20. The van der Waals surface area contributed by atoms with Gasteiger partial charge in [0.25, 0.3) is 0 Å². The second-order valence-electron chi connectivity index (χ2n) is 2.53. The van der Waals surface area contributed by atoms with Gasteiger partial charge in [-0.3, -0.25) is 0 Å². The van der Waals surface area contributed by atoms with E-state index in [1.54, 1.807) is 23.1 Å². The average Bonchev–Trinajstić information content (AvgIpc) is 2.49. The van der Waals surface area contributed by atoms with Gasteiger partial charge in [0.1, 0.15) is 5.75 Å². The molecule has 62 valence electrons. The molecular formula is C8H9N3O. The maximum absolute atomic E-state index is 9.39. The molecular weight excluding hydrogens is 154 g/mol. The Bertz CT molecular complexity index is 408. The molecule has 2 heterocycles. The minimum absolute atomic E-state index is 0.236. The Labute approximate surface area is 69.5 Å². The Balaban J connectivity index is 2.80. The van der Waals surface area contributed by atoms with Gasteiger partial charge in [-0.05, 0) is 13.0 Å². The predicted octanol–water partition coefficient (Wildman–Crippen LogP) is 1.16. The van der Waals surface area contributed by atoms with Crippen molar-refractivity contribution >= 4 is 11.0 Å². The van der Waals surface area contributed by atoms with Crippen LogP contribution >= 0.6 is 0 Å². The quantitative estimate of drug-likeness (QED) is 0.686. The highest BCUT2D eigenvalue weighted by Gasteiger charge is 2.04. The van der Waals surface area contributed by atoms with E-state index in [2.05, 4.69) is 10.1 Å². The predicted molar refractivity (Wildman–Crippen MR) is 44.9 cm³/mol. The number of aromatic nitrogens is 3. The molecule has 0 fully saturated rings. The molecule has 0 unspecified atom stereocenters. The van der Waals surface area contributed by atoms with Crippen molar-refractivity contribution in [3.05, 3.63) is 18.5 Å². The molecule has 0 atom stereocenters. The molecule has 0 aliphatic rings. The zero-order chi connectivity index (χ0) is 8.55. The van der Waals surface area contributed by atoms with Crippen molar-refractivity contribution in [3.8, 4) is 5.75 Å². The molecule has 4 heteroatoms. The van der Waals surface area contributed by atoms with Crippen LogP contribution in [0, 0.1) is 0 Å². The van der Waals surface area contributed by atoms with E-state index in [1.807, 2.05) is 6.92 Å². The number of pyridine rings is 1. The van der Waals surface area contributed by atoms with E-state index in [-0.39, 0.29) is 5.75 Å². The standard InChI is InChI=1S/C8H9N3O/c1-2-11-8-6(5-10-11)7(12)3-4-9-8/h3-5H,2H2,1H3,(H,9,12). The van der Waals surface area contributed by atoms with E-state index in [1.165, 1.54) is 0 Å². The van der Waals surface area contributed by atoms with E-state index >= 15 is 0 Å². The van der Waals surface area contributed by atoms with Crippen LogP contribution in [0.3, 0.4) is 0 Å². The molecule has 2 aromatic heterocycles. The van der Waals surface area contributed by atoms with Crippen LogP contribution in [0.25, 0.3) is 11.0 Å². The van der Waals surface area contributed by atoms with Gasteiger partial charge in [0.15, 0.2) is 5.65 Å². The molecule has 0 radical (unpaired) electrons. The topological polar surface area (TPSA) is 50.9 Å². The minimum atomic E-state index is 0.236. The highest BCUT2D eigenvalue weighted by molar-refractivity contribution is 5.80. The zero-order valence-corrected chi connectivity index (χ0v) is 6.73. The number of aryl methyl sites for hydroxylation is 1. The van der Waals surface area contributed by atoms with Crippen molar-refractivity contribution in [2.75, 3.05) is 0 Å². The molecule has 4 nitrogen and oxygen atoms in total. The lowest BCUT2D eigenvalue weighted by molar-refractivity contribution is 0.481. The van der Waals surface area contributed by atoms with Gasteiger partial charge in [-0.25, -0.2) is 9.67 Å². The van der Waals surface area contributed by atoms with Crippen LogP contribution in [0.4, 0.5) is 0 Å². The number of rotatable bonds is 1. The maximum atomic E-state index is 9.39. The summed E-state index contributed by atoms with van der Waals surface area (Å²) in [6.45, 7) is 2.75. The molecule has 12 heavy (non-hydrogen) atoms. The first kappa shape index (κ1) is 7.09. The monoisotopic (exact) mass is 163 g/mol. The number of fused-ring (bicyclic) bond motifs is 1. The summed E-state index contributed by atoms with van der Waals surface area (Å²) in [4.78, 5) is 4.11. The highest BCUT2D eigenvalue weighted by atomic mass is 16.3. The molecule has 0 aliphatic heterocycles. The van der Waals surface area contributed by atoms with E-state index in [0.29, 0.717) is 5.39 Å². The molecule has 0 amide bonds. The van der Waals surface area contributed by atoms with Gasteiger partial charge >= 0.3 is 0 Å². The number of aromatic hydroxyl groups is 1. The second-order valence-corrected chi connectivity index (χ2v) is 2.53. The van der Waals surface area contributed by atoms with Crippen molar-refractivity contribution in [1.29, 1.82) is 0 Å². The highest BCUT2D eigenvalue weighted by Crippen LogP contribution is 2.20. The van der Waals surface area contributed by atoms with Crippen LogP contribution in [0.15, 0.2) is 18.5 Å². The van der Waals surface area contributed by atoms with Gasteiger partial charge in [-0.15, -0.1) is 0 Å². The fourth-order valence-electron chi connectivity index (χ4n) is 1.20. The molecule has 0 saturated carbocycles. The van der Waals surface area contributed by atoms with E-state index < -0.39 is 0 Å². The molecule has 2 rings (SSSR count). The third kappa shape index (κ3) is 0.845. The lowest BCUT2D eigenvalue weighted by Gasteiger charge is -1.96. The summed E-state index contributed by atoms with van der Waals surface area (Å²) in [5.74, 6) is 0.236. The van der Waals surface area contributed by atoms with Crippen molar-refractivity contribution in [2.24, 2.45) is 0 Å². The lowest BCUT2D eigenvalue weighted by Crippen LogP contribution is -1.96. The summed E-state index contributed by atoms with van der Waals surface area (Å²) < 4.78 is 1.75. The Morgan fingerprint density at radius 3 is 3.17 bits per heavy atom. The summed E-state index contributed by atoms with van der Waals surface area (Å²) in [5, 5.41) is 14.2. The Hall–Kier alpha value is -1.58. The zero-order valence-electron chi connectivity index (χ0n) is 6.73. The summed E-state index contributed by atoms with van der Waals surface area (Å²) in [7, 11) is 0. The van der Waals surface area contributed by atoms with Crippen molar-refractivity contribution in [3.63, 3.8) is 0 Å². The number of nitrogens with zero attached hydrogens (tertiary/aromatic N) is 3. The van der Waals surface area contributed by atoms with Crippen LogP contribution in [0.2, 0.25) is 0 Å². The summed E-state index contributed by atoms with van der Waals surface area (Å²) in [6, 6.07) is 1.56. The smallest absolute Gasteiger partial charge is 0.161 e. The Kier molecular flexibility index (Phi) is 1.46. The van der Waals surface area contributed by atoms with E-state index in [4.69, 9.17) is 0 Å². The molecule has 0 aromatic carbocycles.